The van der Waals surface area contributed by atoms with Crippen molar-refractivity contribution in [3.8, 4) is 10.6 Å². The van der Waals surface area contributed by atoms with Crippen LogP contribution in [0.1, 0.15) is 45.4 Å². The molecule has 5 rings (SSSR count). The molecule has 148 valence electrons. The predicted molar refractivity (Wildman–Crippen MR) is 112 cm³/mol. The lowest BCUT2D eigenvalue weighted by Crippen LogP contribution is -2.41. The minimum absolute atomic E-state index is 0.0507. The third kappa shape index (κ3) is 3.03. The second-order valence-corrected chi connectivity index (χ2v) is 10.7. The van der Waals surface area contributed by atoms with Gasteiger partial charge in [-0.3, -0.25) is 9.88 Å². The SMILES string of the molecule is CC1(C)OB(C23CCN(Cc4cnc(-c5cccnc5)s4)CC2C3)OC1(C)C. The number of pyridine rings is 1. The molecule has 0 aromatic carbocycles. The normalized spacial score (nSPS) is 31.0. The minimum Gasteiger partial charge on any atom is -0.403 e. The molecule has 2 atom stereocenters. The van der Waals surface area contributed by atoms with Crippen molar-refractivity contribution in [1.82, 2.24) is 14.9 Å². The highest BCUT2D eigenvalue weighted by atomic mass is 32.1. The predicted octanol–water partition coefficient (Wildman–Crippen LogP) is 4.26. The van der Waals surface area contributed by atoms with Gasteiger partial charge in [0, 0.05) is 47.4 Å². The number of likely N-dealkylation sites (tertiary alicyclic amines) is 1. The molecule has 1 aliphatic carbocycles. The topological polar surface area (TPSA) is 47.5 Å². The van der Waals surface area contributed by atoms with Crippen molar-refractivity contribution in [2.75, 3.05) is 13.1 Å². The molecule has 2 aromatic heterocycles. The van der Waals surface area contributed by atoms with Gasteiger partial charge in [-0.05, 0) is 65.1 Å². The molecule has 1 saturated carbocycles. The van der Waals surface area contributed by atoms with Crippen molar-refractivity contribution < 1.29 is 9.31 Å². The van der Waals surface area contributed by atoms with Crippen LogP contribution >= 0.6 is 11.3 Å². The van der Waals surface area contributed by atoms with E-state index in [1.165, 1.54) is 11.3 Å². The summed E-state index contributed by atoms with van der Waals surface area (Å²) < 4.78 is 12.8. The maximum atomic E-state index is 6.40. The number of rotatable bonds is 4. The summed E-state index contributed by atoms with van der Waals surface area (Å²) in [7, 11) is -0.0507. The van der Waals surface area contributed by atoms with E-state index < -0.39 is 0 Å². The Morgan fingerprint density at radius 3 is 2.68 bits per heavy atom. The van der Waals surface area contributed by atoms with Crippen molar-refractivity contribution >= 4 is 18.5 Å². The zero-order chi connectivity index (χ0) is 19.6. The highest BCUT2D eigenvalue weighted by Crippen LogP contribution is 2.69. The van der Waals surface area contributed by atoms with Gasteiger partial charge in [0.25, 0.3) is 0 Å². The summed E-state index contributed by atoms with van der Waals surface area (Å²) in [6, 6.07) is 4.03. The number of piperidine rings is 1. The van der Waals surface area contributed by atoms with E-state index in [1.807, 2.05) is 18.5 Å². The van der Waals surface area contributed by atoms with Gasteiger partial charge in [0.2, 0.25) is 0 Å². The first-order valence-corrected chi connectivity index (χ1v) is 11.0. The summed E-state index contributed by atoms with van der Waals surface area (Å²) in [5.74, 6) is 0.682. The Bertz CT molecular complexity index is 856. The van der Waals surface area contributed by atoms with Crippen LogP contribution in [0.4, 0.5) is 0 Å². The monoisotopic (exact) mass is 397 g/mol. The molecule has 0 bridgehead atoms. The molecule has 2 unspecified atom stereocenters. The van der Waals surface area contributed by atoms with Gasteiger partial charge in [0.05, 0.1) is 11.2 Å². The van der Waals surface area contributed by atoms with Crippen molar-refractivity contribution in [2.24, 2.45) is 5.92 Å². The van der Waals surface area contributed by atoms with Crippen LogP contribution in [-0.4, -0.2) is 46.3 Å². The lowest BCUT2D eigenvalue weighted by atomic mass is 9.63. The van der Waals surface area contributed by atoms with Crippen LogP contribution in [-0.2, 0) is 15.9 Å². The van der Waals surface area contributed by atoms with Crippen molar-refractivity contribution in [1.29, 1.82) is 0 Å². The first kappa shape index (κ1) is 18.7. The smallest absolute Gasteiger partial charge is 0.403 e. The third-order valence-electron chi connectivity index (χ3n) is 7.22. The van der Waals surface area contributed by atoms with E-state index in [1.54, 1.807) is 17.5 Å². The number of hydrogen-bond donors (Lipinski definition) is 0. The Labute approximate surface area is 171 Å². The quantitative estimate of drug-likeness (QED) is 0.722. The second-order valence-electron chi connectivity index (χ2n) is 9.58. The number of hydrogen-bond acceptors (Lipinski definition) is 6. The molecule has 4 heterocycles. The van der Waals surface area contributed by atoms with Gasteiger partial charge < -0.3 is 9.31 Å². The highest BCUT2D eigenvalue weighted by Gasteiger charge is 2.70. The van der Waals surface area contributed by atoms with Crippen LogP contribution < -0.4 is 0 Å². The van der Waals surface area contributed by atoms with E-state index >= 15 is 0 Å². The van der Waals surface area contributed by atoms with Gasteiger partial charge in [0.1, 0.15) is 5.01 Å². The zero-order valence-electron chi connectivity index (χ0n) is 17.1. The molecule has 7 heteroatoms. The Balaban J connectivity index is 1.22. The fourth-order valence-electron chi connectivity index (χ4n) is 4.57. The zero-order valence-corrected chi connectivity index (χ0v) is 18.0. The maximum Gasteiger partial charge on any atom is 0.464 e. The Morgan fingerprint density at radius 2 is 2.00 bits per heavy atom. The van der Waals surface area contributed by atoms with Gasteiger partial charge >= 0.3 is 7.12 Å². The van der Waals surface area contributed by atoms with Gasteiger partial charge in [-0.1, -0.05) is 0 Å². The minimum atomic E-state index is -0.234. The molecule has 0 spiro atoms. The van der Waals surface area contributed by atoms with Crippen LogP contribution in [0.5, 0.6) is 0 Å². The summed E-state index contributed by atoms with van der Waals surface area (Å²) in [6.07, 6.45) is 8.09. The van der Waals surface area contributed by atoms with Gasteiger partial charge in [-0.2, -0.15) is 0 Å². The molecule has 3 fully saturated rings. The van der Waals surface area contributed by atoms with Crippen LogP contribution in [0.3, 0.4) is 0 Å². The fourth-order valence-corrected chi connectivity index (χ4v) is 5.52. The molecule has 0 N–H and O–H groups in total. The number of thiazole rings is 1. The van der Waals surface area contributed by atoms with Gasteiger partial charge in [0.15, 0.2) is 0 Å². The standard InChI is InChI=1S/C21H28BN3O2S/c1-19(2)20(3,4)27-22(26-19)21-7-9-25(13-16(21)10-21)14-17-12-24-18(28-17)15-6-5-8-23-11-15/h5-6,8,11-12,16H,7,9-10,13-14H2,1-4H3. The summed E-state index contributed by atoms with van der Waals surface area (Å²) >= 11 is 1.78. The summed E-state index contributed by atoms with van der Waals surface area (Å²) in [5.41, 5.74) is 0.628. The Kier molecular flexibility index (Phi) is 4.26. The Morgan fingerprint density at radius 1 is 1.21 bits per heavy atom. The molecule has 0 amide bonds. The van der Waals surface area contributed by atoms with E-state index in [4.69, 9.17) is 9.31 Å². The summed E-state index contributed by atoms with van der Waals surface area (Å²) in [5, 5.41) is 1.29. The Hall–Kier alpha value is -1.28. The van der Waals surface area contributed by atoms with E-state index in [0.717, 1.165) is 36.6 Å². The van der Waals surface area contributed by atoms with Gasteiger partial charge in [-0.15, -0.1) is 11.3 Å². The van der Waals surface area contributed by atoms with E-state index in [0.29, 0.717) is 5.92 Å². The molecule has 0 radical (unpaired) electrons. The number of nitrogens with zero attached hydrogens (tertiary/aromatic N) is 3. The number of fused-ring (bicyclic) bond motifs is 1. The van der Waals surface area contributed by atoms with E-state index in [2.05, 4.69) is 48.6 Å². The van der Waals surface area contributed by atoms with Crippen LogP contribution in [0.2, 0.25) is 5.31 Å². The van der Waals surface area contributed by atoms with Gasteiger partial charge in [-0.25, -0.2) is 4.98 Å². The molecule has 5 nitrogen and oxygen atoms in total. The fraction of sp³-hybridized carbons (Fsp3) is 0.619. The molecule has 2 saturated heterocycles. The lowest BCUT2D eigenvalue weighted by Gasteiger charge is -2.32. The largest absolute Gasteiger partial charge is 0.464 e. The first-order valence-electron chi connectivity index (χ1n) is 10.2. The van der Waals surface area contributed by atoms with E-state index in [9.17, 15) is 0 Å². The molecular weight excluding hydrogens is 369 g/mol. The molecule has 2 aliphatic heterocycles. The van der Waals surface area contributed by atoms with Crippen molar-refractivity contribution in [3.05, 3.63) is 35.6 Å². The third-order valence-corrected chi connectivity index (χ3v) is 8.25. The summed E-state index contributed by atoms with van der Waals surface area (Å²) in [6.45, 7) is 11.8. The van der Waals surface area contributed by atoms with Crippen molar-refractivity contribution in [2.45, 2.75) is 63.6 Å². The maximum absolute atomic E-state index is 6.40. The first-order chi connectivity index (χ1) is 13.3. The van der Waals surface area contributed by atoms with Crippen LogP contribution in [0, 0.1) is 5.92 Å². The second kappa shape index (κ2) is 6.36. The number of aromatic nitrogens is 2. The molecule has 28 heavy (non-hydrogen) atoms. The average molecular weight is 397 g/mol. The highest BCUT2D eigenvalue weighted by molar-refractivity contribution is 7.15. The van der Waals surface area contributed by atoms with Crippen LogP contribution in [0.25, 0.3) is 10.6 Å². The van der Waals surface area contributed by atoms with E-state index in [-0.39, 0.29) is 23.6 Å². The lowest BCUT2D eigenvalue weighted by molar-refractivity contribution is 0.00578. The molecule has 3 aliphatic rings. The average Bonchev–Trinajstić information content (AvgIpc) is 3.12. The molecule has 2 aromatic rings. The van der Waals surface area contributed by atoms with Crippen molar-refractivity contribution in [3.63, 3.8) is 0 Å². The summed E-state index contributed by atoms with van der Waals surface area (Å²) in [4.78, 5) is 12.7. The van der Waals surface area contributed by atoms with Crippen LogP contribution in [0.15, 0.2) is 30.7 Å². The molecular formula is C21H28BN3O2S.